The summed E-state index contributed by atoms with van der Waals surface area (Å²) in [6, 6.07) is 5.61. The number of nitrogens with zero attached hydrogens (tertiary/aromatic N) is 3. The van der Waals surface area contributed by atoms with Crippen molar-refractivity contribution in [1.82, 2.24) is 19.9 Å². The Balaban J connectivity index is 1.51. The first-order valence-electron chi connectivity index (χ1n) is 10.4. The molecule has 0 atom stereocenters. The minimum absolute atomic E-state index is 0.0822. The van der Waals surface area contributed by atoms with Gasteiger partial charge in [0.15, 0.2) is 5.65 Å². The van der Waals surface area contributed by atoms with Crippen molar-refractivity contribution >= 4 is 40.9 Å². The van der Waals surface area contributed by atoms with E-state index >= 15 is 0 Å². The van der Waals surface area contributed by atoms with Crippen LogP contribution in [0.25, 0.3) is 11.7 Å². The quantitative estimate of drug-likeness (QED) is 0.515. The van der Waals surface area contributed by atoms with Crippen molar-refractivity contribution in [3.63, 3.8) is 0 Å². The van der Waals surface area contributed by atoms with Crippen molar-refractivity contribution in [3.05, 3.63) is 69.8 Å². The van der Waals surface area contributed by atoms with E-state index in [1.165, 1.54) is 0 Å². The molecule has 2 aromatic heterocycles. The highest BCUT2D eigenvalue weighted by Crippen LogP contribution is 2.29. The van der Waals surface area contributed by atoms with Gasteiger partial charge in [0.05, 0.1) is 12.6 Å². The van der Waals surface area contributed by atoms with Crippen molar-refractivity contribution in [2.45, 2.75) is 38.8 Å². The number of amides is 1. The second-order valence-corrected chi connectivity index (χ2v) is 8.57. The Kier molecular flexibility index (Phi) is 5.09. The van der Waals surface area contributed by atoms with Crippen LogP contribution in [0.15, 0.2) is 42.2 Å². The lowest BCUT2D eigenvalue weighted by Gasteiger charge is -2.13. The summed E-state index contributed by atoms with van der Waals surface area (Å²) < 4.78 is 16.3. The summed E-state index contributed by atoms with van der Waals surface area (Å²) in [6.45, 7) is 5.80. The molecule has 164 valence electrons. The lowest BCUT2D eigenvalue weighted by atomic mass is 10.1. The number of hydrogen-bond acceptors (Lipinski definition) is 5. The number of aryl methyl sites for hydroxylation is 1. The van der Waals surface area contributed by atoms with Gasteiger partial charge in [0.1, 0.15) is 17.5 Å². The topological polar surface area (TPSA) is 83.4 Å². The maximum Gasteiger partial charge on any atom is 0.228 e. The highest BCUT2D eigenvalue weighted by atomic mass is 35.5. The van der Waals surface area contributed by atoms with Gasteiger partial charge in [-0.1, -0.05) is 24.2 Å². The number of carbonyl (C=O) groups excluding carboxylic acids is 1. The molecule has 1 aliphatic carbocycles. The molecule has 1 saturated carbocycles. The zero-order valence-corrected chi connectivity index (χ0v) is 18.3. The van der Waals surface area contributed by atoms with Crippen LogP contribution in [0, 0.1) is 12.7 Å². The van der Waals surface area contributed by atoms with Gasteiger partial charge >= 0.3 is 0 Å². The highest BCUT2D eigenvalue weighted by Gasteiger charge is 2.24. The fourth-order valence-corrected chi connectivity index (χ4v) is 3.88. The summed E-state index contributed by atoms with van der Waals surface area (Å²) in [5.74, 6) is 0.951. The average Bonchev–Trinajstić information content (AvgIpc) is 3.39. The molecular weight excluding hydrogens is 431 g/mol. The third-order valence-corrected chi connectivity index (χ3v) is 5.97. The molecule has 3 heterocycles. The van der Waals surface area contributed by atoms with Crippen LogP contribution >= 0.6 is 11.6 Å². The third-order valence-electron chi connectivity index (χ3n) is 5.61. The number of nitrogens with one attached hydrogen (secondary N) is 3. The van der Waals surface area contributed by atoms with E-state index in [2.05, 4.69) is 27.6 Å². The van der Waals surface area contributed by atoms with E-state index in [9.17, 15) is 9.18 Å². The Labute approximate surface area is 189 Å². The molecule has 2 fully saturated rings. The fraction of sp³-hybridized carbons (Fsp3) is 0.261. The minimum Gasteiger partial charge on any atom is -0.367 e. The number of allylic oxidation sites excluding steroid dienone is 1. The fourth-order valence-electron chi connectivity index (χ4n) is 3.67. The summed E-state index contributed by atoms with van der Waals surface area (Å²) in [5, 5.41) is 14.2. The number of anilines is 2. The van der Waals surface area contributed by atoms with Gasteiger partial charge in [0, 0.05) is 40.5 Å². The van der Waals surface area contributed by atoms with Crippen molar-refractivity contribution < 1.29 is 9.18 Å². The molecule has 1 amide bonds. The number of carbonyl (C=O) groups is 1. The monoisotopic (exact) mass is 452 g/mol. The number of benzene rings is 1. The normalized spacial score (nSPS) is 17.3. The van der Waals surface area contributed by atoms with E-state index in [0.29, 0.717) is 39.4 Å². The number of hydrogen-bond donors (Lipinski definition) is 3. The van der Waals surface area contributed by atoms with Crippen LogP contribution in [0.5, 0.6) is 0 Å². The predicted molar refractivity (Wildman–Crippen MR) is 123 cm³/mol. The van der Waals surface area contributed by atoms with Crippen LogP contribution in [0.4, 0.5) is 16.0 Å². The SMILES string of the molecule is C=C1NC(=O)C/C1=C\c1cnn2c(NC3CC3)cc(NCc3c(Cl)ccc(C)c3F)nc12. The van der Waals surface area contributed by atoms with Crippen LogP contribution in [0.1, 0.15) is 36.0 Å². The predicted octanol–water partition coefficient (Wildman–Crippen LogP) is 4.43. The van der Waals surface area contributed by atoms with Crippen molar-refractivity contribution in [2.24, 2.45) is 0 Å². The lowest BCUT2D eigenvalue weighted by molar-refractivity contribution is -0.118. The molecule has 0 spiro atoms. The second kappa shape index (κ2) is 7.94. The van der Waals surface area contributed by atoms with E-state index < -0.39 is 0 Å². The Morgan fingerprint density at radius 2 is 2.22 bits per heavy atom. The largest absolute Gasteiger partial charge is 0.367 e. The molecule has 0 bridgehead atoms. The van der Waals surface area contributed by atoms with Crippen molar-refractivity contribution in [3.8, 4) is 0 Å². The van der Waals surface area contributed by atoms with Gasteiger partial charge in [-0.05, 0) is 43.0 Å². The molecule has 1 aromatic carbocycles. The molecule has 3 aromatic rings. The van der Waals surface area contributed by atoms with E-state index in [1.54, 1.807) is 29.8 Å². The summed E-state index contributed by atoms with van der Waals surface area (Å²) in [4.78, 5) is 16.4. The molecule has 3 N–H and O–H groups in total. The molecule has 9 heteroatoms. The molecule has 1 saturated heterocycles. The van der Waals surface area contributed by atoms with Crippen LogP contribution in [-0.2, 0) is 11.3 Å². The van der Waals surface area contributed by atoms with E-state index in [-0.39, 0.29) is 24.7 Å². The maximum absolute atomic E-state index is 14.6. The van der Waals surface area contributed by atoms with Gasteiger partial charge in [-0.15, -0.1) is 0 Å². The summed E-state index contributed by atoms with van der Waals surface area (Å²) in [7, 11) is 0. The number of aromatic nitrogens is 3. The second-order valence-electron chi connectivity index (χ2n) is 8.16. The Morgan fingerprint density at radius 3 is 2.94 bits per heavy atom. The van der Waals surface area contributed by atoms with Gasteiger partial charge in [-0.2, -0.15) is 9.61 Å². The molecule has 2 aliphatic rings. The van der Waals surface area contributed by atoms with Crippen LogP contribution in [0.3, 0.4) is 0 Å². The molecule has 7 nitrogen and oxygen atoms in total. The summed E-state index contributed by atoms with van der Waals surface area (Å²) >= 11 is 6.22. The van der Waals surface area contributed by atoms with Crippen LogP contribution in [-0.4, -0.2) is 26.5 Å². The summed E-state index contributed by atoms with van der Waals surface area (Å²) in [5.41, 5.74) is 3.71. The van der Waals surface area contributed by atoms with E-state index in [4.69, 9.17) is 16.6 Å². The minimum atomic E-state index is -0.325. The Morgan fingerprint density at radius 1 is 1.41 bits per heavy atom. The van der Waals surface area contributed by atoms with Crippen LogP contribution < -0.4 is 16.0 Å². The molecule has 0 radical (unpaired) electrons. The maximum atomic E-state index is 14.6. The van der Waals surface area contributed by atoms with Crippen LogP contribution in [0.2, 0.25) is 5.02 Å². The molecule has 32 heavy (non-hydrogen) atoms. The van der Waals surface area contributed by atoms with Crippen molar-refractivity contribution in [1.29, 1.82) is 0 Å². The first-order valence-corrected chi connectivity index (χ1v) is 10.8. The lowest BCUT2D eigenvalue weighted by Crippen LogP contribution is -2.11. The zero-order valence-electron chi connectivity index (χ0n) is 17.5. The summed E-state index contributed by atoms with van der Waals surface area (Å²) in [6.07, 6.45) is 6.05. The van der Waals surface area contributed by atoms with E-state index in [0.717, 1.165) is 29.8 Å². The standard InChI is InChI=1S/C23H22ClFN6O/c1-12-3-6-18(24)17(22(12)25)11-26-19-9-20(29-16-4-5-16)31-23(30-19)15(10-27-31)7-14-8-21(32)28-13(14)2/h3,6-7,9-10,16,29H,2,4-5,8,11H2,1H3,(H,26,30)(H,28,32)/b14-7+. The Hall–Kier alpha value is -3.39. The third kappa shape index (κ3) is 3.93. The number of rotatable bonds is 6. The van der Waals surface area contributed by atoms with E-state index in [1.807, 2.05) is 12.1 Å². The number of fused-ring (bicyclic) bond motifs is 1. The van der Waals surface area contributed by atoms with Gasteiger partial charge < -0.3 is 16.0 Å². The molecular formula is C23H22ClFN6O. The molecule has 5 rings (SSSR count). The average molecular weight is 453 g/mol. The first kappa shape index (κ1) is 20.5. The smallest absolute Gasteiger partial charge is 0.228 e. The van der Waals surface area contributed by atoms with Crippen molar-refractivity contribution in [2.75, 3.05) is 10.6 Å². The van der Waals surface area contributed by atoms with Gasteiger partial charge in [-0.25, -0.2) is 9.37 Å². The molecule has 0 unspecified atom stereocenters. The van der Waals surface area contributed by atoms with Gasteiger partial charge in [0.25, 0.3) is 0 Å². The number of halogens is 2. The Bertz CT molecular complexity index is 1290. The van der Waals surface area contributed by atoms with Gasteiger partial charge in [-0.3, -0.25) is 4.79 Å². The molecule has 1 aliphatic heterocycles. The first-order chi connectivity index (χ1) is 15.4. The zero-order chi connectivity index (χ0) is 22.4. The highest BCUT2D eigenvalue weighted by molar-refractivity contribution is 6.31. The van der Waals surface area contributed by atoms with Gasteiger partial charge in [0.2, 0.25) is 5.91 Å².